The maximum Gasteiger partial charge on any atom is 0.251 e. The van der Waals surface area contributed by atoms with Crippen LogP contribution >= 0.6 is 0 Å². The van der Waals surface area contributed by atoms with Gasteiger partial charge in [0, 0.05) is 23.8 Å². The highest BCUT2D eigenvalue weighted by Crippen LogP contribution is 2.23. The molecule has 1 saturated carbocycles. The summed E-state index contributed by atoms with van der Waals surface area (Å²) >= 11 is 0. The zero-order valence-electron chi connectivity index (χ0n) is 12.5. The fraction of sp³-hybridized carbons (Fsp3) is 0.471. The number of rotatable bonds is 4. The summed E-state index contributed by atoms with van der Waals surface area (Å²) in [4.78, 5) is 12.2. The molecule has 4 heteroatoms. The monoisotopic (exact) mass is 287 g/mol. The summed E-state index contributed by atoms with van der Waals surface area (Å²) in [5, 5.41) is 11.8. The van der Waals surface area contributed by atoms with Gasteiger partial charge < -0.3 is 15.2 Å². The number of hydrogen-bond acceptors (Lipinski definition) is 3. The van der Waals surface area contributed by atoms with Gasteiger partial charge in [-0.1, -0.05) is 11.8 Å². The molecule has 1 aliphatic rings. The zero-order valence-corrected chi connectivity index (χ0v) is 12.5. The minimum absolute atomic E-state index is 0.0781. The minimum Gasteiger partial charge on any atom is -0.384 e. The third kappa shape index (κ3) is 4.32. The molecule has 2 N–H and O–H groups in total. The van der Waals surface area contributed by atoms with Gasteiger partial charge in [-0.15, -0.1) is 0 Å². The van der Waals surface area contributed by atoms with Gasteiger partial charge in [-0.25, -0.2) is 0 Å². The van der Waals surface area contributed by atoms with Crippen LogP contribution in [0.5, 0.6) is 0 Å². The van der Waals surface area contributed by atoms with Gasteiger partial charge >= 0.3 is 0 Å². The summed E-state index contributed by atoms with van der Waals surface area (Å²) in [6.45, 7) is 4.44. The summed E-state index contributed by atoms with van der Waals surface area (Å²) in [6, 6.07) is 5.69. The van der Waals surface area contributed by atoms with Gasteiger partial charge in [0.05, 0.1) is 6.10 Å². The Hall–Kier alpha value is -1.83. The highest BCUT2D eigenvalue weighted by atomic mass is 16.5. The molecule has 0 radical (unpaired) electrons. The Morgan fingerprint density at radius 1 is 1.43 bits per heavy atom. The molecule has 112 valence electrons. The van der Waals surface area contributed by atoms with Crippen LogP contribution in [0, 0.1) is 18.8 Å². The number of carbonyl (C=O) groups excluding carboxylic acids is 1. The van der Waals surface area contributed by atoms with Crippen molar-refractivity contribution in [3.63, 3.8) is 0 Å². The van der Waals surface area contributed by atoms with Gasteiger partial charge in [0.1, 0.15) is 6.61 Å². The van der Waals surface area contributed by atoms with Crippen LogP contribution in [0.2, 0.25) is 0 Å². The normalized spacial score (nSPS) is 20.1. The molecule has 0 heterocycles. The predicted octanol–water partition coefficient (Wildman–Crippen LogP) is 1.64. The maximum absolute atomic E-state index is 12.2. The molecule has 0 atom stereocenters. The van der Waals surface area contributed by atoms with Gasteiger partial charge in [0.15, 0.2) is 0 Å². The molecule has 0 aromatic heterocycles. The summed E-state index contributed by atoms with van der Waals surface area (Å²) in [7, 11) is 0. The van der Waals surface area contributed by atoms with Crippen LogP contribution in [0.15, 0.2) is 18.2 Å². The molecule has 0 bridgehead atoms. The minimum atomic E-state index is -0.184. The second kappa shape index (κ2) is 7.26. The number of nitrogens with one attached hydrogen (secondary N) is 1. The number of aliphatic hydroxyl groups is 1. The summed E-state index contributed by atoms with van der Waals surface area (Å²) in [5.74, 6) is 5.36. The average Bonchev–Trinajstić information content (AvgIpc) is 2.42. The Bertz CT molecular complexity index is 565. The van der Waals surface area contributed by atoms with E-state index in [2.05, 4.69) is 17.2 Å². The SMILES string of the molecule is CCOC1CC(NC(=O)c2cc(C)cc(C#CCO)c2)C1. The highest BCUT2D eigenvalue weighted by Gasteiger charge is 2.30. The fourth-order valence-electron chi connectivity index (χ4n) is 2.45. The molecule has 1 fully saturated rings. The molecule has 2 rings (SSSR count). The number of aryl methyl sites for hydroxylation is 1. The van der Waals surface area contributed by atoms with Crippen LogP contribution in [-0.2, 0) is 4.74 Å². The molecule has 1 aliphatic carbocycles. The van der Waals surface area contributed by atoms with E-state index in [0.717, 1.165) is 30.6 Å². The Morgan fingerprint density at radius 2 is 2.19 bits per heavy atom. The molecule has 0 aliphatic heterocycles. The van der Waals surface area contributed by atoms with E-state index in [4.69, 9.17) is 9.84 Å². The third-order valence-electron chi connectivity index (χ3n) is 3.48. The molecular formula is C17H21NO3. The first-order chi connectivity index (χ1) is 10.1. The quantitative estimate of drug-likeness (QED) is 0.828. The smallest absolute Gasteiger partial charge is 0.251 e. The summed E-state index contributed by atoms with van der Waals surface area (Å²) in [5.41, 5.74) is 2.33. The fourth-order valence-corrected chi connectivity index (χ4v) is 2.45. The Kier molecular flexibility index (Phi) is 5.38. The van der Waals surface area contributed by atoms with Crippen LogP contribution in [0.1, 0.15) is 41.3 Å². The van der Waals surface area contributed by atoms with Gasteiger partial charge in [0.25, 0.3) is 5.91 Å². The van der Waals surface area contributed by atoms with E-state index in [0.29, 0.717) is 5.56 Å². The highest BCUT2D eigenvalue weighted by molar-refractivity contribution is 5.95. The van der Waals surface area contributed by atoms with E-state index in [1.54, 1.807) is 6.07 Å². The topological polar surface area (TPSA) is 58.6 Å². The standard InChI is InChI=1S/C17H21NO3/c1-3-21-16-10-15(11-16)18-17(20)14-8-12(2)7-13(9-14)5-4-6-19/h7-9,15-16,19H,3,6,10-11H2,1-2H3,(H,18,20). The van der Waals surface area contributed by atoms with Crippen molar-refractivity contribution in [3.05, 3.63) is 34.9 Å². The van der Waals surface area contributed by atoms with E-state index in [1.165, 1.54) is 0 Å². The zero-order chi connectivity index (χ0) is 15.2. The molecule has 21 heavy (non-hydrogen) atoms. The Balaban J connectivity index is 1.98. The molecule has 4 nitrogen and oxygen atoms in total. The molecule has 0 saturated heterocycles. The molecule has 1 amide bonds. The number of benzene rings is 1. The average molecular weight is 287 g/mol. The van der Waals surface area contributed by atoms with Crippen LogP contribution in [0.3, 0.4) is 0 Å². The number of aliphatic hydroxyl groups excluding tert-OH is 1. The van der Waals surface area contributed by atoms with Crippen LogP contribution in [-0.4, -0.2) is 36.4 Å². The van der Waals surface area contributed by atoms with Crippen molar-refractivity contribution in [2.45, 2.75) is 38.8 Å². The largest absolute Gasteiger partial charge is 0.384 e. The molecule has 0 spiro atoms. The van der Waals surface area contributed by atoms with Gasteiger partial charge in [0.2, 0.25) is 0 Å². The van der Waals surface area contributed by atoms with Crippen molar-refractivity contribution in [3.8, 4) is 11.8 Å². The second-order valence-electron chi connectivity index (χ2n) is 5.27. The molecule has 1 aromatic carbocycles. The van der Waals surface area contributed by atoms with E-state index < -0.39 is 0 Å². The first kappa shape index (κ1) is 15.6. The third-order valence-corrected chi connectivity index (χ3v) is 3.48. The Labute approximate surface area is 125 Å². The van der Waals surface area contributed by atoms with Crippen LogP contribution < -0.4 is 5.32 Å². The molecule has 0 unspecified atom stereocenters. The van der Waals surface area contributed by atoms with Crippen LogP contribution in [0.4, 0.5) is 0 Å². The number of hydrogen-bond donors (Lipinski definition) is 2. The number of amides is 1. The molecular weight excluding hydrogens is 266 g/mol. The Morgan fingerprint density at radius 3 is 2.86 bits per heavy atom. The van der Waals surface area contributed by atoms with Crippen molar-refractivity contribution in [1.29, 1.82) is 0 Å². The lowest BCUT2D eigenvalue weighted by Crippen LogP contribution is -2.47. The van der Waals surface area contributed by atoms with Crippen molar-refractivity contribution in [2.24, 2.45) is 0 Å². The lowest BCUT2D eigenvalue weighted by molar-refractivity contribution is -0.00862. The first-order valence-electron chi connectivity index (χ1n) is 7.26. The first-order valence-corrected chi connectivity index (χ1v) is 7.26. The summed E-state index contributed by atoms with van der Waals surface area (Å²) in [6.07, 6.45) is 2.04. The van der Waals surface area contributed by atoms with Crippen molar-refractivity contribution in [1.82, 2.24) is 5.32 Å². The predicted molar refractivity (Wildman–Crippen MR) is 81.0 cm³/mol. The van der Waals surface area contributed by atoms with E-state index in [1.807, 2.05) is 26.0 Å². The van der Waals surface area contributed by atoms with Gasteiger partial charge in [-0.05, 0) is 50.5 Å². The lowest BCUT2D eigenvalue weighted by Gasteiger charge is -2.35. The summed E-state index contributed by atoms with van der Waals surface area (Å²) < 4.78 is 5.48. The van der Waals surface area contributed by atoms with Gasteiger partial charge in [-0.2, -0.15) is 0 Å². The van der Waals surface area contributed by atoms with Gasteiger partial charge in [-0.3, -0.25) is 4.79 Å². The van der Waals surface area contributed by atoms with E-state index >= 15 is 0 Å². The maximum atomic E-state index is 12.2. The van der Waals surface area contributed by atoms with Crippen molar-refractivity contribution in [2.75, 3.05) is 13.2 Å². The molecule has 1 aromatic rings. The lowest BCUT2D eigenvalue weighted by atomic mass is 9.89. The van der Waals surface area contributed by atoms with E-state index in [9.17, 15) is 4.79 Å². The number of ether oxygens (including phenoxy) is 1. The van der Waals surface area contributed by atoms with Crippen LogP contribution in [0.25, 0.3) is 0 Å². The number of carbonyl (C=O) groups is 1. The van der Waals surface area contributed by atoms with E-state index in [-0.39, 0.29) is 24.7 Å². The van der Waals surface area contributed by atoms with Crippen molar-refractivity contribution < 1.29 is 14.6 Å². The second-order valence-corrected chi connectivity index (χ2v) is 5.27. The van der Waals surface area contributed by atoms with Crippen molar-refractivity contribution >= 4 is 5.91 Å².